The van der Waals surface area contributed by atoms with Crippen molar-refractivity contribution >= 4 is 23.4 Å². The number of hydrogen-bond donors (Lipinski definition) is 1. The van der Waals surface area contributed by atoms with Crippen LogP contribution in [0, 0.1) is 0 Å². The molecule has 1 N–H and O–H groups in total. The maximum atomic E-state index is 12.6. The van der Waals surface area contributed by atoms with E-state index in [1.54, 1.807) is 38.0 Å². The summed E-state index contributed by atoms with van der Waals surface area (Å²) in [6, 6.07) is 14.2. The minimum Gasteiger partial charge on any atom is -0.497 e. The second-order valence-corrected chi connectivity index (χ2v) is 6.68. The SMILES string of the molecule is CCC(=O)N(Cc1ccc(Cl)cc1)[C@@H](C)C(=O)NCc1ccc(OC)cc1. The summed E-state index contributed by atoms with van der Waals surface area (Å²) in [5, 5.41) is 3.53. The van der Waals surface area contributed by atoms with E-state index >= 15 is 0 Å². The zero-order valence-electron chi connectivity index (χ0n) is 15.9. The molecular formula is C21H25ClN2O3. The molecular weight excluding hydrogens is 364 g/mol. The van der Waals surface area contributed by atoms with Crippen LogP contribution in [0.2, 0.25) is 5.02 Å². The Morgan fingerprint density at radius 3 is 2.22 bits per heavy atom. The smallest absolute Gasteiger partial charge is 0.242 e. The lowest BCUT2D eigenvalue weighted by Gasteiger charge is -2.28. The topological polar surface area (TPSA) is 58.6 Å². The largest absolute Gasteiger partial charge is 0.497 e. The van der Waals surface area contributed by atoms with Crippen molar-refractivity contribution in [1.82, 2.24) is 10.2 Å². The van der Waals surface area contributed by atoms with E-state index in [-0.39, 0.29) is 11.8 Å². The Bertz CT molecular complexity index is 760. The Kier molecular flexibility index (Phi) is 7.67. The second-order valence-electron chi connectivity index (χ2n) is 6.24. The van der Waals surface area contributed by atoms with Gasteiger partial charge < -0.3 is 15.0 Å². The Balaban J connectivity index is 2.01. The standard InChI is InChI=1S/C21H25ClN2O3/c1-4-20(25)24(14-17-5-9-18(22)10-6-17)15(2)21(26)23-13-16-7-11-19(27-3)12-8-16/h5-12,15H,4,13-14H2,1-3H3,(H,23,26)/t15-/m0/s1. The van der Waals surface area contributed by atoms with E-state index < -0.39 is 6.04 Å². The minimum atomic E-state index is -0.577. The van der Waals surface area contributed by atoms with Crippen molar-refractivity contribution in [2.75, 3.05) is 7.11 Å². The average Bonchev–Trinajstić information content (AvgIpc) is 2.70. The number of carbonyl (C=O) groups excluding carboxylic acids is 2. The van der Waals surface area contributed by atoms with E-state index in [2.05, 4.69) is 5.32 Å². The number of amides is 2. The highest BCUT2D eigenvalue weighted by molar-refractivity contribution is 6.30. The van der Waals surface area contributed by atoms with E-state index in [1.807, 2.05) is 36.4 Å². The summed E-state index contributed by atoms with van der Waals surface area (Å²) < 4.78 is 5.13. The van der Waals surface area contributed by atoms with Crippen molar-refractivity contribution in [2.24, 2.45) is 0 Å². The number of rotatable bonds is 8. The number of nitrogens with one attached hydrogen (secondary N) is 1. The van der Waals surface area contributed by atoms with Crippen LogP contribution < -0.4 is 10.1 Å². The number of halogens is 1. The third kappa shape index (κ3) is 6.00. The predicted molar refractivity (Wildman–Crippen MR) is 107 cm³/mol. The van der Waals surface area contributed by atoms with Gasteiger partial charge in [0, 0.05) is 24.5 Å². The molecule has 0 bridgehead atoms. The van der Waals surface area contributed by atoms with Crippen LogP contribution in [0.3, 0.4) is 0 Å². The molecule has 1 atom stereocenters. The number of nitrogens with zero attached hydrogens (tertiary/aromatic N) is 1. The molecule has 0 unspecified atom stereocenters. The Labute approximate surface area is 165 Å². The molecule has 2 aromatic rings. The van der Waals surface area contributed by atoms with Gasteiger partial charge in [-0.25, -0.2) is 0 Å². The fourth-order valence-electron chi connectivity index (χ4n) is 2.65. The highest BCUT2D eigenvalue weighted by atomic mass is 35.5. The lowest BCUT2D eigenvalue weighted by molar-refractivity contribution is -0.140. The fraction of sp³-hybridized carbons (Fsp3) is 0.333. The van der Waals surface area contributed by atoms with Gasteiger partial charge in [-0.3, -0.25) is 9.59 Å². The van der Waals surface area contributed by atoms with Crippen LogP contribution in [0.1, 0.15) is 31.4 Å². The second kappa shape index (κ2) is 9.97. The summed E-state index contributed by atoms with van der Waals surface area (Å²) >= 11 is 5.92. The van der Waals surface area contributed by atoms with Crippen LogP contribution >= 0.6 is 11.6 Å². The van der Waals surface area contributed by atoms with Gasteiger partial charge in [0.1, 0.15) is 11.8 Å². The van der Waals surface area contributed by atoms with Crippen molar-refractivity contribution in [2.45, 2.75) is 39.4 Å². The zero-order chi connectivity index (χ0) is 19.8. The Hall–Kier alpha value is -2.53. The molecule has 0 radical (unpaired) electrons. The fourth-order valence-corrected chi connectivity index (χ4v) is 2.78. The van der Waals surface area contributed by atoms with Gasteiger partial charge in [0.15, 0.2) is 0 Å². The van der Waals surface area contributed by atoms with Gasteiger partial charge >= 0.3 is 0 Å². The minimum absolute atomic E-state index is 0.0722. The Morgan fingerprint density at radius 1 is 1.07 bits per heavy atom. The molecule has 2 rings (SSSR count). The van der Waals surface area contributed by atoms with Crippen molar-refractivity contribution in [3.63, 3.8) is 0 Å². The maximum absolute atomic E-state index is 12.6. The summed E-state index contributed by atoms with van der Waals surface area (Å²) in [6.07, 6.45) is 0.337. The van der Waals surface area contributed by atoms with Crippen LogP contribution in [0.4, 0.5) is 0 Å². The van der Waals surface area contributed by atoms with Crippen molar-refractivity contribution in [3.8, 4) is 5.75 Å². The number of ether oxygens (including phenoxy) is 1. The lowest BCUT2D eigenvalue weighted by Crippen LogP contribution is -2.47. The third-order valence-electron chi connectivity index (χ3n) is 4.36. The Morgan fingerprint density at radius 2 is 1.67 bits per heavy atom. The van der Waals surface area contributed by atoms with Crippen molar-refractivity contribution in [3.05, 3.63) is 64.7 Å². The van der Waals surface area contributed by atoms with Gasteiger partial charge in [-0.05, 0) is 42.3 Å². The molecule has 6 heteroatoms. The molecule has 0 heterocycles. The summed E-state index contributed by atoms with van der Waals surface area (Å²) in [7, 11) is 1.61. The molecule has 144 valence electrons. The van der Waals surface area contributed by atoms with Crippen molar-refractivity contribution < 1.29 is 14.3 Å². The van der Waals surface area contributed by atoms with Gasteiger partial charge in [-0.15, -0.1) is 0 Å². The number of hydrogen-bond acceptors (Lipinski definition) is 3. The van der Waals surface area contributed by atoms with E-state index in [9.17, 15) is 9.59 Å². The molecule has 0 aliphatic rings. The van der Waals surface area contributed by atoms with E-state index in [0.29, 0.717) is 24.5 Å². The first-order valence-electron chi connectivity index (χ1n) is 8.89. The molecule has 5 nitrogen and oxygen atoms in total. The first-order chi connectivity index (χ1) is 12.9. The number of carbonyl (C=O) groups is 2. The predicted octanol–water partition coefficient (Wildman–Crippen LogP) is 3.79. The molecule has 0 saturated carbocycles. The van der Waals surface area contributed by atoms with E-state index in [1.165, 1.54) is 0 Å². The normalized spacial score (nSPS) is 11.6. The molecule has 0 spiro atoms. The van der Waals surface area contributed by atoms with Gasteiger partial charge in [-0.2, -0.15) is 0 Å². The highest BCUT2D eigenvalue weighted by Crippen LogP contribution is 2.15. The quantitative estimate of drug-likeness (QED) is 0.748. The highest BCUT2D eigenvalue weighted by Gasteiger charge is 2.24. The van der Waals surface area contributed by atoms with Crippen LogP contribution in [-0.2, 0) is 22.7 Å². The van der Waals surface area contributed by atoms with Crippen LogP contribution in [-0.4, -0.2) is 29.9 Å². The lowest BCUT2D eigenvalue weighted by atomic mass is 10.1. The van der Waals surface area contributed by atoms with Crippen LogP contribution in [0.5, 0.6) is 5.75 Å². The average molecular weight is 389 g/mol. The molecule has 0 saturated heterocycles. The molecule has 2 aromatic carbocycles. The van der Waals surface area contributed by atoms with Gasteiger partial charge in [0.2, 0.25) is 11.8 Å². The van der Waals surface area contributed by atoms with Gasteiger partial charge in [0.05, 0.1) is 7.11 Å². The number of benzene rings is 2. The summed E-state index contributed by atoms with van der Waals surface area (Å²) in [6.45, 7) is 4.29. The molecule has 2 amide bonds. The van der Waals surface area contributed by atoms with Gasteiger partial charge in [0.25, 0.3) is 0 Å². The van der Waals surface area contributed by atoms with Crippen molar-refractivity contribution in [1.29, 1.82) is 0 Å². The zero-order valence-corrected chi connectivity index (χ0v) is 16.6. The van der Waals surface area contributed by atoms with Crippen LogP contribution in [0.25, 0.3) is 0 Å². The van der Waals surface area contributed by atoms with E-state index in [0.717, 1.165) is 16.9 Å². The molecule has 0 aliphatic carbocycles. The first kappa shape index (κ1) is 20.8. The number of methoxy groups -OCH3 is 1. The summed E-state index contributed by atoms with van der Waals surface area (Å²) in [4.78, 5) is 26.6. The monoisotopic (exact) mass is 388 g/mol. The molecule has 0 aromatic heterocycles. The maximum Gasteiger partial charge on any atom is 0.242 e. The molecule has 27 heavy (non-hydrogen) atoms. The third-order valence-corrected chi connectivity index (χ3v) is 4.61. The summed E-state index contributed by atoms with van der Waals surface area (Å²) in [5.74, 6) is 0.500. The first-order valence-corrected chi connectivity index (χ1v) is 9.27. The molecule has 0 aliphatic heterocycles. The summed E-state index contributed by atoms with van der Waals surface area (Å²) in [5.41, 5.74) is 1.89. The van der Waals surface area contributed by atoms with Gasteiger partial charge in [-0.1, -0.05) is 42.8 Å². The van der Waals surface area contributed by atoms with Crippen LogP contribution in [0.15, 0.2) is 48.5 Å². The van der Waals surface area contributed by atoms with E-state index in [4.69, 9.17) is 16.3 Å². The molecule has 0 fully saturated rings.